The normalized spacial score (nSPS) is 24.2. The summed E-state index contributed by atoms with van der Waals surface area (Å²) in [4.78, 5) is 4.20. The number of nitrogens with zero attached hydrogens (tertiary/aromatic N) is 2. The van der Waals surface area contributed by atoms with Crippen molar-refractivity contribution in [2.45, 2.75) is 38.8 Å². The maximum Gasteiger partial charge on any atom is 0.155 e. The van der Waals surface area contributed by atoms with Crippen LogP contribution in [0.1, 0.15) is 49.5 Å². The summed E-state index contributed by atoms with van der Waals surface area (Å²) >= 11 is 0. The molecule has 0 amide bonds. The molecular weight excluding hydrogens is 228 g/mol. The second-order valence-electron chi connectivity index (χ2n) is 5.09. The Morgan fingerprint density at radius 2 is 2.33 bits per heavy atom. The van der Waals surface area contributed by atoms with Crippen LogP contribution in [0.4, 0.5) is 0 Å². The summed E-state index contributed by atoms with van der Waals surface area (Å²) in [6.45, 7) is 5.10. The van der Waals surface area contributed by atoms with E-state index in [0.29, 0.717) is 23.3 Å². The Morgan fingerprint density at radius 3 is 2.94 bits per heavy atom. The highest BCUT2D eigenvalue weighted by molar-refractivity contribution is 5.22. The van der Waals surface area contributed by atoms with Crippen LogP contribution < -0.4 is 0 Å². The van der Waals surface area contributed by atoms with E-state index in [1.165, 1.54) is 6.42 Å². The molecule has 1 aliphatic carbocycles. The Bertz CT molecular complexity index is 543. The van der Waals surface area contributed by atoms with Gasteiger partial charge in [-0.3, -0.25) is 0 Å². The average Bonchev–Trinajstić information content (AvgIpc) is 2.88. The van der Waals surface area contributed by atoms with E-state index in [4.69, 9.17) is 4.42 Å². The second kappa shape index (κ2) is 4.28. The van der Waals surface area contributed by atoms with Crippen molar-refractivity contribution in [3.8, 4) is 0 Å². The van der Waals surface area contributed by atoms with Crippen LogP contribution in [0.5, 0.6) is 0 Å². The van der Waals surface area contributed by atoms with Gasteiger partial charge in [0.15, 0.2) is 6.10 Å². The van der Waals surface area contributed by atoms with Gasteiger partial charge in [-0.25, -0.2) is 4.98 Å². The maximum absolute atomic E-state index is 10.2. The summed E-state index contributed by atoms with van der Waals surface area (Å²) in [7, 11) is 0. The highest BCUT2D eigenvalue weighted by Gasteiger charge is 2.37. The summed E-state index contributed by atoms with van der Waals surface area (Å²) in [6, 6.07) is 3.83. The van der Waals surface area contributed by atoms with Gasteiger partial charge in [0.25, 0.3) is 0 Å². The number of hydrogen-bond acceptors (Lipinski definition) is 3. The molecule has 3 atom stereocenters. The SMILES string of the molecule is CCn1cnc(C(O)c2ccc(C3CC3C)o2)c1. The van der Waals surface area contributed by atoms with Crippen LogP contribution in [-0.4, -0.2) is 14.7 Å². The molecule has 18 heavy (non-hydrogen) atoms. The quantitative estimate of drug-likeness (QED) is 0.902. The van der Waals surface area contributed by atoms with E-state index in [1.807, 2.05) is 29.8 Å². The summed E-state index contributed by atoms with van der Waals surface area (Å²) in [5.41, 5.74) is 0.640. The van der Waals surface area contributed by atoms with Gasteiger partial charge in [0.1, 0.15) is 11.5 Å². The van der Waals surface area contributed by atoms with E-state index in [2.05, 4.69) is 11.9 Å². The van der Waals surface area contributed by atoms with Gasteiger partial charge in [-0.1, -0.05) is 6.92 Å². The molecule has 2 aromatic rings. The van der Waals surface area contributed by atoms with E-state index in [0.717, 1.165) is 12.3 Å². The number of aliphatic hydroxyl groups excluding tert-OH is 1. The fraction of sp³-hybridized carbons (Fsp3) is 0.500. The first kappa shape index (κ1) is 11.5. The third kappa shape index (κ3) is 1.97. The van der Waals surface area contributed by atoms with Gasteiger partial charge in [0, 0.05) is 18.7 Å². The zero-order valence-corrected chi connectivity index (χ0v) is 10.7. The van der Waals surface area contributed by atoms with E-state index < -0.39 is 6.10 Å². The largest absolute Gasteiger partial charge is 0.463 e. The molecule has 1 saturated carbocycles. The monoisotopic (exact) mass is 246 g/mol. The molecule has 0 aromatic carbocycles. The fourth-order valence-corrected chi connectivity index (χ4v) is 2.27. The zero-order chi connectivity index (χ0) is 12.7. The minimum absolute atomic E-state index is 0.541. The van der Waals surface area contributed by atoms with Crippen molar-refractivity contribution in [3.05, 3.63) is 41.9 Å². The summed E-state index contributed by atoms with van der Waals surface area (Å²) in [6.07, 6.45) is 4.01. The number of furan rings is 1. The van der Waals surface area contributed by atoms with Crippen LogP contribution in [0.15, 0.2) is 29.1 Å². The predicted molar refractivity (Wildman–Crippen MR) is 67.2 cm³/mol. The second-order valence-corrected chi connectivity index (χ2v) is 5.09. The Balaban J connectivity index is 1.79. The molecule has 4 heteroatoms. The molecule has 1 fully saturated rings. The molecule has 2 heterocycles. The number of aliphatic hydroxyl groups is 1. The molecule has 3 rings (SSSR count). The topological polar surface area (TPSA) is 51.2 Å². The standard InChI is InChI=1S/C14H18N2O2/c1-3-16-7-11(15-8-16)14(17)13-5-4-12(18-13)10-6-9(10)2/h4-5,7-10,14,17H,3,6H2,1-2H3. The third-order valence-electron chi connectivity index (χ3n) is 3.69. The molecule has 0 radical (unpaired) electrons. The summed E-state index contributed by atoms with van der Waals surface area (Å²) < 4.78 is 7.67. The first-order chi connectivity index (χ1) is 8.69. The van der Waals surface area contributed by atoms with Crippen LogP contribution in [-0.2, 0) is 6.54 Å². The molecule has 0 spiro atoms. The highest BCUT2D eigenvalue weighted by Crippen LogP contribution is 2.47. The molecule has 0 saturated heterocycles. The van der Waals surface area contributed by atoms with Crippen molar-refractivity contribution in [2.75, 3.05) is 0 Å². The van der Waals surface area contributed by atoms with Gasteiger partial charge >= 0.3 is 0 Å². The molecule has 3 unspecified atom stereocenters. The van der Waals surface area contributed by atoms with E-state index in [-0.39, 0.29) is 0 Å². The number of hydrogen-bond donors (Lipinski definition) is 1. The number of aromatic nitrogens is 2. The van der Waals surface area contributed by atoms with Gasteiger partial charge in [0.05, 0.1) is 12.0 Å². The molecule has 1 aliphatic rings. The lowest BCUT2D eigenvalue weighted by atomic mass is 10.2. The van der Waals surface area contributed by atoms with Gasteiger partial charge in [-0.2, -0.15) is 0 Å². The average molecular weight is 246 g/mol. The minimum Gasteiger partial charge on any atom is -0.463 e. The number of imidazole rings is 1. The van der Waals surface area contributed by atoms with Crippen molar-refractivity contribution >= 4 is 0 Å². The van der Waals surface area contributed by atoms with Crippen molar-refractivity contribution in [3.63, 3.8) is 0 Å². The molecule has 0 aliphatic heterocycles. The van der Waals surface area contributed by atoms with Gasteiger partial charge < -0.3 is 14.1 Å². The molecule has 4 nitrogen and oxygen atoms in total. The van der Waals surface area contributed by atoms with E-state index >= 15 is 0 Å². The lowest BCUT2D eigenvalue weighted by Gasteiger charge is -2.03. The molecular formula is C14H18N2O2. The fourth-order valence-electron chi connectivity index (χ4n) is 2.27. The molecule has 96 valence electrons. The molecule has 1 N–H and O–H groups in total. The van der Waals surface area contributed by atoms with Gasteiger partial charge in [0.2, 0.25) is 0 Å². The molecule has 2 aromatic heterocycles. The summed E-state index contributed by atoms with van der Waals surface area (Å²) in [5, 5.41) is 10.2. The third-order valence-corrected chi connectivity index (χ3v) is 3.69. The van der Waals surface area contributed by atoms with Crippen molar-refractivity contribution in [1.29, 1.82) is 0 Å². The Labute approximate surface area is 106 Å². The van der Waals surface area contributed by atoms with Crippen LogP contribution >= 0.6 is 0 Å². The van der Waals surface area contributed by atoms with E-state index in [9.17, 15) is 5.11 Å². The first-order valence-electron chi connectivity index (χ1n) is 6.48. The van der Waals surface area contributed by atoms with Gasteiger partial charge in [-0.05, 0) is 31.4 Å². The smallest absolute Gasteiger partial charge is 0.155 e. The lowest BCUT2D eigenvalue weighted by molar-refractivity contribution is 0.182. The van der Waals surface area contributed by atoms with Crippen molar-refractivity contribution in [1.82, 2.24) is 9.55 Å². The predicted octanol–water partition coefficient (Wildman–Crippen LogP) is 2.70. The van der Waals surface area contributed by atoms with Crippen molar-refractivity contribution < 1.29 is 9.52 Å². The Morgan fingerprint density at radius 1 is 1.56 bits per heavy atom. The van der Waals surface area contributed by atoms with Crippen molar-refractivity contribution in [2.24, 2.45) is 5.92 Å². The summed E-state index contributed by atoms with van der Waals surface area (Å²) in [5.74, 6) is 2.83. The number of aryl methyl sites for hydroxylation is 1. The number of rotatable bonds is 4. The zero-order valence-electron chi connectivity index (χ0n) is 10.7. The lowest BCUT2D eigenvalue weighted by Crippen LogP contribution is -1.98. The Kier molecular flexibility index (Phi) is 2.74. The highest BCUT2D eigenvalue weighted by atomic mass is 16.4. The Hall–Kier alpha value is -1.55. The maximum atomic E-state index is 10.2. The van der Waals surface area contributed by atoms with Crippen LogP contribution in [0.25, 0.3) is 0 Å². The van der Waals surface area contributed by atoms with Crippen LogP contribution in [0.3, 0.4) is 0 Å². The van der Waals surface area contributed by atoms with Gasteiger partial charge in [-0.15, -0.1) is 0 Å². The minimum atomic E-state index is -0.763. The molecule has 0 bridgehead atoms. The van der Waals surface area contributed by atoms with Crippen LogP contribution in [0.2, 0.25) is 0 Å². The first-order valence-corrected chi connectivity index (χ1v) is 6.48. The van der Waals surface area contributed by atoms with Crippen LogP contribution in [0, 0.1) is 5.92 Å². The van der Waals surface area contributed by atoms with E-state index in [1.54, 1.807) is 6.33 Å².